The molecular formula is C14H10FNO5. The maximum absolute atomic E-state index is 13.2. The molecule has 0 atom stereocenters. The van der Waals surface area contributed by atoms with E-state index in [0.29, 0.717) is 11.3 Å². The number of nitro groups is 1. The Balaban J connectivity index is 2.07. The van der Waals surface area contributed by atoms with Crippen LogP contribution in [0.25, 0.3) is 0 Å². The lowest BCUT2D eigenvalue weighted by molar-refractivity contribution is -0.384. The van der Waals surface area contributed by atoms with Crippen LogP contribution in [-0.2, 0) is 6.61 Å². The molecule has 0 aromatic heterocycles. The number of non-ortho nitro benzene ring substituents is 1. The quantitative estimate of drug-likeness (QED) is 0.675. The van der Waals surface area contributed by atoms with Crippen LogP contribution in [0.1, 0.15) is 15.9 Å². The number of benzene rings is 2. The van der Waals surface area contributed by atoms with Gasteiger partial charge in [-0.2, -0.15) is 0 Å². The van der Waals surface area contributed by atoms with Crippen LogP contribution in [0.4, 0.5) is 10.1 Å². The van der Waals surface area contributed by atoms with Gasteiger partial charge in [-0.1, -0.05) is 6.07 Å². The predicted molar refractivity (Wildman–Crippen MR) is 70.8 cm³/mol. The summed E-state index contributed by atoms with van der Waals surface area (Å²) in [5.41, 5.74) is -0.00996. The van der Waals surface area contributed by atoms with Crippen LogP contribution in [0.2, 0.25) is 0 Å². The summed E-state index contributed by atoms with van der Waals surface area (Å²) in [6.45, 7) is 0.0262. The monoisotopic (exact) mass is 291 g/mol. The van der Waals surface area contributed by atoms with Crippen LogP contribution < -0.4 is 4.74 Å². The highest BCUT2D eigenvalue weighted by Crippen LogP contribution is 2.19. The average molecular weight is 291 g/mol. The number of halogens is 1. The van der Waals surface area contributed by atoms with Crippen LogP contribution >= 0.6 is 0 Å². The Labute approximate surface area is 118 Å². The van der Waals surface area contributed by atoms with E-state index in [1.807, 2.05) is 0 Å². The SMILES string of the molecule is O=C(O)c1cc(COc2ccc([N+](=O)[O-])cc2)ccc1F. The van der Waals surface area contributed by atoms with Crippen LogP contribution in [0.15, 0.2) is 42.5 Å². The second kappa shape index (κ2) is 6.00. The van der Waals surface area contributed by atoms with Crippen LogP contribution in [0.5, 0.6) is 5.75 Å². The summed E-state index contributed by atoms with van der Waals surface area (Å²) in [5.74, 6) is -1.78. The molecule has 7 heteroatoms. The summed E-state index contributed by atoms with van der Waals surface area (Å²) in [5, 5.41) is 19.3. The van der Waals surface area contributed by atoms with Gasteiger partial charge in [-0.15, -0.1) is 0 Å². The molecule has 21 heavy (non-hydrogen) atoms. The topological polar surface area (TPSA) is 89.7 Å². The Morgan fingerprint density at radius 1 is 1.24 bits per heavy atom. The molecule has 0 bridgehead atoms. The van der Waals surface area contributed by atoms with Crippen molar-refractivity contribution in [2.45, 2.75) is 6.61 Å². The number of carbonyl (C=O) groups is 1. The third-order valence-corrected chi connectivity index (χ3v) is 2.71. The second-order valence-corrected chi connectivity index (χ2v) is 4.16. The summed E-state index contributed by atoms with van der Waals surface area (Å²) in [4.78, 5) is 20.8. The summed E-state index contributed by atoms with van der Waals surface area (Å²) >= 11 is 0. The van der Waals surface area contributed by atoms with Gasteiger partial charge in [0.15, 0.2) is 0 Å². The molecule has 108 valence electrons. The van der Waals surface area contributed by atoms with Gasteiger partial charge in [0, 0.05) is 12.1 Å². The minimum atomic E-state index is -1.36. The van der Waals surface area contributed by atoms with Crippen molar-refractivity contribution in [3.63, 3.8) is 0 Å². The zero-order valence-corrected chi connectivity index (χ0v) is 10.7. The van der Waals surface area contributed by atoms with Gasteiger partial charge in [0.2, 0.25) is 0 Å². The fourth-order valence-corrected chi connectivity index (χ4v) is 1.66. The lowest BCUT2D eigenvalue weighted by Gasteiger charge is -2.07. The molecule has 2 aromatic carbocycles. The van der Waals surface area contributed by atoms with E-state index < -0.39 is 22.3 Å². The maximum Gasteiger partial charge on any atom is 0.338 e. The first kappa shape index (κ1) is 14.4. The van der Waals surface area contributed by atoms with Crippen molar-refractivity contribution in [3.8, 4) is 5.75 Å². The van der Waals surface area contributed by atoms with Crippen molar-refractivity contribution in [2.24, 2.45) is 0 Å². The molecule has 0 aliphatic heterocycles. The first-order valence-corrected chi connectivity index (χ1v) is 5.86. The molecule has 0 unspecified atom stereocenters. The number of aromatic carboxylic acids is 1. The van der Waals surface area contributed by atoms with Crippen molar-refractivity contribution in [3.05, 3.63) is 69.5 Å². The Morgan fingerprint density at radius 2 is 1.90 bits per heavy atom. The molecule has 1 N–H and O–H groups in total. The third kappa shape index (κ3) is 3.53. The van der Waals surface area contributed by atoms with E-state index >= 15 is 0 Å². The van der Waals surface area contributed by atoms with E-state index in [2.05, 4.69) is 0 Å². The molecule has 0 spiro atoms. The molecule has 0 aliphatic carbocycles. The maximum atomic E-state index is 13.2. The van der Waals surface area contributed by atoms with Gasteiger partial charge in [0.25, 0.3) is 5.69 Å². The predicted octanol–water partition coefficient (Wildman–Crippen LogP) is 3.01. The third-order valence-electron chi connectivity index (χ3n) is 2.71. The Bertz CT molecular complexity index is 684. The number of hydrogen-bond acceptors (Lipinski definition) is 4. The first-order chi connectivity index (χ1) is 9.97. The Morgan fingerprint density at radius 3 is 2.48 bits per heavy atom. The molecule has 0 radical (unpaired) electrons. The normalized spacial score (nSPS) is 10.1. The molecule has 0 fully saturated rings. The lowest BCUT2D eigenvalue weighted by Crippen LogP contribution is -2.03. The highest BCUT2D eigenvalue weighted by atomic mass is 19.1. The standard InChI is InChI=1S/C14H10FNO5/c15-13-6-1-9(7-12(13)14(17)18)8-21-11-4-2-10(3-5-11)16(19)20/h1-7H,8H2,(H,17,18). The molecule has 0 saturated carbocycles. The second-order valence-electron chi connectivity index (χ2n) is 4.16. The number of rotatable bonds is 5. The Hall–Kier alpha value is -2.96. The van der Waals surface area contributed by atoms with Gasteiger partial charge in [0.05, 0.1) is 10.5 Å². The van der Waals surface area contributed by atoms with Gasteiger partial charge in [0.1, 0.15) is 18.2 Å². The van der Waals surface area contributed by atoms with Crippen LogP contribution in [-0.4, -0.2) is 16.0 Å². The number of carboxylic acid groups (broad SMARTS) is 1. The minimum absolute atomic E-state index is 0.0262. The highest BCUT2D eigenvalue weighted by molar-refractivity contribution is 5.88. The summed E-state index contributed by atoms with van der Waals surface area (Å²) < 4.78 is 18.6. The number of nitrogens with zero attached hydrogens (tertiary/aromatic N) is 1. The fraction of sp³-hybridized carbons (Fsp3) is 0.0714. The molecule has 0 amide bonds. The highest BCUT2D eigenvalue weighted by Gasteiger charge is 2.11. The van der Waals surface area contributed by atoms with Gasteiger partial charge >= 0.3 is 5.97 Å². The molecule has 0 heterocycles. The summed E-state index contributed by atoms with van der Waals surface area (Å²) in [6, 6.07) is 9.10. The van der Waals surface area contributed by atoms with Crippen molar-refractivity contribution < 1.29 is 24.0 Å². The number of hydrogen-bond donors (Lipinski definition) is 1. The van der Waals surface area contributed by atoms with Gasteiger partial charge in [-0.25, -0.2) is 9.18 Å². The van der Waals surface area contributed by atoms with E-state index in [-0.39, 0.29) is 12.3 Å². The molecular weight excluding hydrogens is 281 g/mol. The van der Waals surface area contributed by atoms with E-state index in [9.17, 15) is 19.3 Å². The first-order valence-electron chi connectivity index (χ1n) is 5.86. The average Bonchev–Trinajstić information content (AvgIpc) is 2.46. The zero-order valence-electron chi connectivity index (χ0n) is 10.7. The molecule has 0 saturated heterocycles. The number of carboxylic acids is 1. The van der Waals surface area contributed by atoms with Crippen LogP contribution in [0, 0.1) is 15.9 Å². The molecule has 2 aromatic rings. The van der Waals surface area contributed by atoms with E-state index in [4.69, 9.17) is 9.84 Å². The smallest absolute Gasteiger partial charge is 0.338 e. The lowest BCUT2D eigenvalue weighted by atomic mass is 10.1. The van der Waals surface area contributed by atoms with Crippen LogP contribution in [0.3, 0.4) is 0 Å². The van der Waals surface area contributed by atoms with Crippen molar-refractivity contribution in [1.29, 1.82) is 0 Å². The summed E-state index contributed by atoms with van der Waals surface area (Å²) in [6.07, 6.45) is 0. The van der Waals surface area contributed by atoms with Gasteiger partial charge in [-0.05, 0) is 29.8 Å². The van der Waals surface area contributed by atoms with Gasteiger partial charge < -0.3 is 9.84 Å². The molecule has 2 rings (SSSR count). The van der Waals surface area contributed by atoms with E-state index in [0.717, 1.165) is 6.07 Å². The number of nitro benzene ring substituents is 1. The minimum Gasteiger partial charge on any atom is -0.489 e. The fourth-order valence-electron chi connectivity index (χ4n) is 1.66. The number of ether oxygens (including phenoxy) is 1. The molecule has 6 nitrogen and oxygen atoms in total. The van der Waals surface area contributed by atoms with Crippen molar-refractivity contribution >= 4 is 11.7 Å². The van der Waals surface area contributed by atoms with Crippen molar-refractivity contribution in [1.82, 2.24) is 0 Å². The van der Waals surface area contributed by atoms with Gasteiger partial charge in [-0.3, -0.25) is 10.1 Å². The van der Waals surface area contributed by atoms with E-state index in [1.165, 1.54) is 36.4 Å². The van der Waals surface area contributed by atoms with E-state index in [1.54, 1.807) is 0 Å². The Kier molecular flexibility index (Phi) is 4.13. The van der Waals surface area contributed by atoms with Crippen molar-refractivity contribution in [2.75, 3.05) is 0 Å². The zero-order chi connectivity index (χ0) is 15.4. The summed E-state index contributed by atoms with van der Waals surface area (Å²) in [7, 11) is 0. The molecule has 0 aliphatic rings. The largest absolute Gasteiger partial charge is 0.489 e.